The summed E-state index contributed by atoms with van der Waals surface area (Å²) in [7, 11) is 0. The Bertz CT molecular complexity index is 1380. The van der Waals surface area contributed by atoms with Gasteiger partial charge in [-0.1, -0.05) is 11.6 Å². The van der Waals surface area contributed by atoms with Gasteiger partial charge in [0.25, 0.3) is 0 Å². The molecular formula is C27H29ClO12. The zero-order chi connectivity index (χ0) is 29.1. The van der Waals surface area contributed by atoms with Crippen LogP contribution in [0.25, 0.3) is 11.0 Å². The number of carbonyl (C=O) groups excluding carboxylic acids is 4. The molecule has 0 spiro atoms. The van der Waals surface area contributed by atoms with Crippen molar-refractivity contribution in [1.82, 2.24) is 0 Å². The van der Waals surface area contributed by atoms with Crippen LogP contribution in [0, 0.1) is 0 Å². The Labute approximate surface area is 233 Å². The maximum Gasteiger partial charge on any atom is 0.339 e. The lowest BCUT2D eigenvalue weighted by molar-refractivity contribution is -0.288. The van der Waals surface area contributed by atoms with E-state index >= 15 is 0 Å². The molecule has 1 aromatic heterocycles. The average molecular weight is 581 g/mol. The normalized spacial score (nSPS) is 24.0. The number of fused-ring (bicyclic) bond motifs is 3. The molecule has 0 saturated carbocycles. The van der Waals surface area contributed by atoms with E-state index in [2.05, 4.69) is 0 Å². The van der Waals surface area contributed by atoms with Crippen molar-refractivity contribution < 1.29 is 52.0 Å². The summed E-state index contributed by atoms with van der Waals surface area (Å²) in [6.07, 6.45) is -3.73. The van der Waals surface area contributed by atoms with Crippen molar-refractivity contribution in [3.63, 3.8) is 0 Å². The summed E-state index contributed by atoms with van der Waals surface area (Å²) in [5.41, 5.74) is 1.29. The maximum atomic E-state index is 12.6. The zero-order valence-corrected chi connectivity index (χ0v) is 23.1. The number of ether oxygens (including phenoxy) is 6. The fourth-order valence-corrected chi connectivity index (χ4v) is 5.15. The molecule has 1 aromatic carbocycles. The van der Waals surface area contributed by atoms with Crippen molar-refractivity contribution in [1.29, 1.82) is 0 Å². The van der Waals surface area contributed by atoms with Gasteiger partial charge in [0.15, 0.2) is 12.2 Å². The van der Waals surface area contributed by atoms with Gasteiger partial charge in [-0.25, -0.2) is 4.79 Å². The fourth-order valence-electron chi connectivity index (χ4n) is 4.94. The summed E-state index contributed by atoms with van der Waals surface area (Å²) in [4.78, 5) is 60.1. The Morgan fingerprint density at radius 3 is 2.08 bits per heavy atom. The minimum atomic E-state index is -1.49. The van der Waals surface area contributed by atoms with Crippen LogP contribution in [-0.4, -0.2) is 61.2 Å². The summed E-state index contributed by atoms with van der Waals surface area (Å²) >= 11 is 6.58. The van der Waals surface area contributed by atoms with E-state index in [1.165, 1.54) is 13.0 Å². The van der Waals surface area contributed by atoms with E-state index in [0.717, 1.165) is 39.2 Å². The minimum Gasteiger partial charge on any atom is -0.463 e. The molecule has 0 unspecified atom stereocenters. The number of halogens is 1. The Morgan fingerprint density at radius 2 is 1.45 bits per heavy atom. The molecule has 13 heteroatoms. The highest BCUT2D eigenvalue weighted by Crippen LogP contribution is 2.37. The quantitative estimate of drug-likeness (QED) is 0.269. The summed E-state index contributed by atoms with van der Waals surface area (Å²) in [5.74, 6) is -2.95. The van der Waals surface area contributed by atoms with Gasteiger partial charge >= 0.3 is 29.5 Å². The maximum absolute atomic E-state index is 12.6. The van der Waals surface area contributed by atoms with Crippen molar-refractivity contribution in [2.75, 3.05) is 6.61 Å². The molecule has 0 bridgehead atoms. The van der Waals surface area contributed by atoms with Crippen LogP contribution in [0.2, 0.25) is 5.02 Å². The average Bonchev–Trinajstić information content (AvgIpc) is 2.87. The monoisotopic (exact) mass is 580 g/mol. The van der Waals surface area contributed by atoms with Crippen molar-refractivity contribution >= 4 is 46.4 Å². The second kappa shape index (κ2) is 12.3. The van der Waals surface area contributed by atoms with Gasteiger partial charge in [0.2, 0.25) is 12.4 Å². The number of benzene rings is 1. The van der Waals surface area contributed by atoms with Crippen molar-refractivity contribution in [3.8, 4) is 5.75 Å². The third kappa shape index (κ3) is 6.56. The van der Waals surface area contributed by atoms with Crippen LogP contribution in [0.15, 0.2) is 21.3 Å². The van der Waals surface area contributed by atoms with Crippen LogP contribution < -0.4 is 10.4 Å². The van der Waals surface area contributed by atoms with E-state index < -0.39 is 66.8 Å². The highest BCUT2D eigenvalue weighted by Gasteiger charge is 2.53. The molecule has 1 aliphatic heterocycles. The van der Waals surface area contributed by atoms with E-state index in [0.29, 0.717) is 23.8 Å². The van der Waals surface area contributed by atoms with Crippen LogP contribution >= 0.6 is 11.6 Å². The molecule has 1 saturated heterocycles. The van der Waals surface area contributed by atoms with Gasteiger partial charge in [0.1, 0.15) is 24.0 Å². The third-order valence-corrected chi connectivity index (χ3v) is 6.76. The topological polar surface area (TPSA) is 154 Å². The van der Waals surface area contributed by atoms with Gasteiger partial charge in [-0.05, 0) is 37.3 Å². The highest BCUT2D eigenvalue weighted by molar-refractivity contribution is 6.32. The van der Waals surface area contributed by atoms with Crippen molar-refractivity contribution in [2.45, 2.75) is 84.1 Å². The van der Waals surface area contributed by atoms with Crippen LogP contribution in [0.5, 0.6) is 5.75 Å². The van der Waals surface area contributed by atoms with Gasteiger partial charge in [0, 0.05) is 44.7 Å². The largest absolute Gasteiger partial charge is 0.463 e. The van der Waals surface area contributed by atoms with E-state index in [1.807, 2.05) is 0 Å². The number of aryl methyl sites for hydroxylation is 1. The molecule has 5 atom stereocenters. The summed E-state index contributed by atoms with van der Waals surface area (Å²) in [6, 6.07) is 3.03. The van der Waals surface area contributed by atoms with Gasteiger partial charge in [-0.3, -0.25) is 19.2 Å². The molecule has 0 radical (unpaired) electrons. The predicted octanol–water partition coefficient (Wildman–Crippen LogP) is 2.79. The smallest absolute Gasteiger partial charge is 0.339 e. The van der Waals surface area contributed by atoms with Gasteiger partial charge in [-0.2, -0.15) is 0 Å². The molecule has 2 heterocycles. The number of esters is 4. The first kappa shape index (κ1) is 29.3. The summed E-state index contributed by atoms with van der Waals surface area (Å²) in [6.45, 7) is 4.12. The van der Waals surface area contributed by atoms with Gasteiger partial charge < -0.3 is 32.8 Å². The van der Waals surface area contributed by atoms with Crippen molar-refractivity contribution in [2.24, 2.45) is 0 Å². The van der Waals surface area contributed by atoms with E-state index in [-0.39, 0.29) is 16.4 Å². The molecule has 4 rings (SSSR count). The van der Waals surface area contributed by atoms with E-state index in [1.54, 1.807) is 6.07 Å². The van der Waals surface area contributed by atoms with Crippen LogP contribution in [0.4, 0.5) is 0 Å². The van der Waals surface area contributed by atoms with Crippen LogP contribution in [-0.2, 0) is 55.7 Å². The molecule has 1 fully saturated rings. The molecule has 0 amide bonds. The Balaban J connectivity index is 1.76. The molecule has 12 nitrogen and oxygen atoms in total. The third-order valence-electron chi connectivity index (χ3n) is 6.47. The predicted molar refractivity (Wildman–Crippen MR) is 137 cm³/mol. The number of carbonyl (C=O) groups is 4. The van der Waals surface area contributed by atoms with Crippen LogP contribution in [0.3, 0.4) is 0 Å². The van der Waals surface area contributed by atoms with E-state index in [9.17, 15) is 24.0 Å². The fraction of sp³-hybridized carbons (Fsp3) is 0.519. The molecular weight excluding hydrogens is 552 g/mol. The Kier molecular flexibility index (Phi) is 8.99. The standard InChI is InChI=1S/C27H29ClO12/c1-12(29)34-11-22-23(35-13(2)30)24(36-14(3)31)25(37-15(4)32)27(40-22)39-21-10-20-18(9-19(21)28)16-7-5-6-8-17(16)26(33)38-20/h9-10,22-25,27H,5-8,11H2,1-4H3/t22-,23+,24-,25+,27+/m1/s1. The number of hydrogen-bond donors (Lipinski definition) is 0. The summed E-state index contributed by atoms with van der Waals surface area (Å²) in [5, 5.41) is 0.815. The molecule has 1 aliphatic carbocycles. The SMILES string of the molecule is CC(=O)OC[C@H]1O[C@H](Oc2cc3oc(=O)c4c(c3cc2Cl)CCCC4)[C@@H](OC(C)=O)[C@H](OC(C)=O)[C@H]1OC(C)=O. The molecule has 2 aromatic rings. The molecule has 0 N–H and O–H groups in total. The Morgan fingerprint density at radius 1 is 0.850 bits per heavy atom. The second-order valence-corrected chi connectivity index (χ2v) is 9.93. The highest BCUT2D eigenvalue weighted by atomic mass is 35.5. The lowest BCUT2D eigenvalue weighted by atomic mass is 9.90. The lowest BCUT2D eigenvalue weighted by Crippen LogP contribution is -2.63. The molecule has 2 aliphatic rings. The Hall–Kier alpha value is -3.64. The van der Waals surface area contributed by atoms with E-state index in [4.69, 9.17) is 44.4 Å². The first-order chi connectivity index (χ1) is 18.9. The lowest BCUT2D eigenvalue weighted by Gasteiger charge is -2.44. The second-order valence-electron chi connectivity index (χ2n) is 9.52. The number of hydrogen-bond acceptors (Lipinski definition) is 12. The minimum absolute atomic E-state index is 0.00831. The first-order valence-corrected chi connectivity index (χ1v) is 13.1. The molecule has 40 heavy (non-hydrogen) atoms. The zero-order valence-electron chi connectivity index (χ0n) is 22.4. The molecule has 216 valence electrons. The van der Waals surface area contributed by atoms with Gasteiger partial charge in [0.05, 0.1) is 5.02 Å². The first-order valence-electron chi connectivity index (χ1n) is 12.7. The van der Waals surface area contributed by atoms with Crippen molar-refractivity contribution in [3.05, 3.63) is 38.7 Å². The summed E-state index contributed by atoms with van der Waals surface area (Å²) < 4.78 is 38.8. The van der Waals surface area contributed by atoms with Gasteiger partial charge in [-0.15, -0.1) is 0 Å². The number of rotatable bonds is 7. The van der Waals surface area contributed by atoms with Crippen LogP contribution in [0.1, 0.15) is 51.7 Å².